The van der Waals surface area contributed by atoms with Crippen LogP contribution in [0.5, 0.6) is 0 Å². The predicted octanol–water partition coefficient (Wildman–Crippen LogP) is 3.39. The van der Waals surface area contributed by atoms with Crippen LogP contribution >= 0.6 is 0 Å². The molecule has 0 fully saturated rings. The minimum absolute atomic E-state index is 0.376. The second kappa shape index (κ2) is 8.94. The SMILES string of the molecule is COC(=O)c1cccc(Nc2cc(N(C)CCc3ccncc3)nc(C)n2)c1. The maximum atomic E-state index is 11.7. The van der Waals surface area contributed by atoms with Gasteiger partial charge < -0.3 is 15.0 Å². The highest BCUT2D eigenvalue weighted by molar-refractivity contribution is 5.90. The molecule has 0 bridgehead atoms. The zero-order valence-electron chi connectivity index (χ0n) is 16.2. The Labute approximate surface area is 164 Å². The van der Waals surface area contributed by atoms with Gasteiger partial charge in [0.25, 0.3) is 0 Å². The summed E-state index contributed by atoms with van der Waals surface area (Å²) in [5.41, 5.74) is 2.46. The molecule has 28 heavy (non-hydrogen) atoms. The van der Waals surface area contributed by atoms with E-state index in [2.05, 4.69) is 25.2 Å². The minimum atomic E-state index is -0.376. The second-order valence-electron chi connectivity index (χ2n) is 6.38. The van der Waals surface area contributed by atoms with Gasteiger partial charge >= 0.3 is 5.97 Å². The fourth-order valence-electron chi connectivity index (χ4n) is 2.76. The number of carbonyl (C=O) groups excluding carboxylic acids is 1. The number of nitrogens with one attached hydrogen (secondary N) is 1. The summed E-state index contributed by atoms with van der Waals surface area (Å²) < 4.78 is 4.77. The number of anilines is 3. The smallest absolute Gasteiger partial charge is 0.337 e. The molecule has 3 aromatic rings. The van der Waals surface area contributed by atoms with Crippen molar-refractivity contribution in [3.05, 3.63) is 71.8 Å². The van der Waals surface area contributed by atoms with Crippen molar-refractivity contribution >= 4 is 23.3 Å². The number of aryl methyl sites for hydroxylation is 1. The van der Waals surface area contributed by atoms with Crippen molar-refractivity contribution in [1.82, 2.24) is 15.0 Å². The first kappa shape index (κ1) is 19.3. The molecule has 0 spiro atoms. The number of nitrogens with zero attached hydrogens (tertiary/aromatic N) is 4. The number of carbonyl (C=O) groups is 1. The minimum Gasteiger partial charge on any atom is -0.465 e. The molecule has 0 aliphatic heterocycles. The molecule has 0 unspecified atom stereocenters. The molecule has 0 atom stereocenters. The number of methoxy groups -OCH3 is 1. The molecule has 7 heteroatoms. The van der Waals surface area contributed by atoms with Gasteiger partial charge in [0.1, 0.15) is 17.5 Å². The molecule has 1 N–H and O–H groups in total. The highest BCUT2D eigenvalue weighted by Gasteiger charge is 2.09. The van der Waals surface area contributed by atoms with E-state index in [4.69, 9.17) is 4.74 Å². The fourth-order valence-corrected chi connectivity index (χ4v) is 2.76. The zero-order chi connectivity index (χ0) is 19.9. The summed E-state index contributed by atoms with van der Waals surface area (Å²) in [5, 5.41) is 3.24. The van der Waals surface area contributed by atoms with Gasteiger partial charge in [-0.2, -0.15) is 0 Å². The number of pyridine rings is 1. The van der Waals surface area contributed by atoms with E-state index in [1.807, 2.05) is 38.2 Å². The quantitative estimate of drug-likeness (QED) is 0.632. The lowest BCUT2D eigenvalue weighted by Gasteiger charge is -2.19. The van der Waals surface area contributed by atoms with Crippen molar-refractivity contribution < 1.29 is 9.53 Å². The third kappa shape index (κ3) is 5.03. The van der Waals surface area contributed by atoms with Crippen molar-refractivity contribution in [3.63, 3.8) is 0 Å². The van der Waals surface area contributed by atoms with Crippen LogP contribution in [0.25, 0.3) is 0 Å². The van der Waals surface area contributed by atoms with Gasteiger partial charge in [-0.05, 0) is 49.2 Å². The molecule has 3 rings (SSSR count). The largest absolute Gasteiger partial charge is 0.465 e. The van der Waals surface area contributed by atoms with E-state index in [1.54, 1.807) is 30.6 Å². The van der Waals surface area contributed by atoms with Gasteiger partial charge in [-0.3, -0.25) is 4.98 Å². The molecule has 0 saturated heterocycles. The molecule has 144 valence electrons. The Morgan fingerprint density at radius 1 is 1.14 bits per heavy atom. The van der Waals surface area contributed by atoms with Crippen LogP contribution in [0.15, 0.2) is 54.9 Å². The van der Waals surface area contributed by atoms with E-state index in [1.165, 1.54) is 12.7 Å². The predicted molar refractivity (Wildman–Crippen MR) is 109 cm³/mol. The summed E-state index contributed by atoms with van der Waals surface area (Å²) in [6, 6.07) is 13.0. The topological polar surface area (TPSA) is 80.2 Å². The van der Waals surface area contributed by atoms with E-state index in [-0.39, 0.29) is 5.97 Å². The number of ether oxygens (including phenoxy) is 1. The number of rotatable bonds is 7. The number of hydrogen-bond acceptors (Lipinski definition) is 7. The van der Waals surface area contributed by atoms with Crippen LogP contribution in [0.1, 0.15) is 21.7 Å². The molecule has 0 radical (unpaired) electrons. The average Bonchev–Trinajstić information content (AvgIpc) is 2.72. The Kier molecular flexibility index (Phi) is 6.16. The van der Waals surface area contributed by atoms with E-state index in [0.29, 0.717) is 17.2 Å². The van der Waals surface area contributed by atoms with Gasteiger partial charge in [-0.1, -0.05) is 6.07 Å². The Bertz CT molecular complexity index is 947. The highest BCUT2D eigenvalue weighted by Crippen LogP contribution is 2.20. The molecule has 0 amide bonds. The van der Waals surface area contributed by atoms with E-state index >= 15 is 0 Å². The maximum Gasteiger partial charge on any atom is 0.337 e. The van der Waals surface area contributed by atoms with E-state index < -0.39 is 0 Å². The third-order valence-electron chi connectivity index (χ3n) is 4.26. The van der Waals surface area contributed by atoms with Crippen molar-refractivity contribution in [3.8, 4) is 0 Å². The molecule has 0 aliphatic carbocycles. The standard InChI is InChI=1S/C21H23N5O2/c1-15-23-19(25-18-6-4-5-17(13-18)21(27)28-3)14-20(24-15)26(2)12-9-16-7-10-22-11-8-16/h4-8,10-11,13-14H,9,12H2,1-3H3,(H,23,24,25). The van der Waals surface area contributed by atoms with Gasteiger partial charge in [-0.15, -0.1) is 0 Å². The van der Waals surface area contributed by atoms with E-state index in [9.17, 15) is 4.79 Å². The van der Waals surface area contributed by atoms with Crippen LogP contribution in [-0.2, 0) is 11.2 Å². The Balaban J connectivity index is 1.73. The Morgan fingerprint density at radius 2 is 1.93 bits per heavy atom. The number of hydrogen-bond donors (Lipinski definition) is 1. The number of esters is 1. The van der Waals surface area contributed by atoms with Crippen LogP contribution in [0.3, 0.4) is 0 Å². The van der Waals surface area contributed by atoms with Crippen molar-refractivity contribution in [2.75, 3.05) is 30.9 Å². The van der Waals surface area contributed by atoms with Crippen LogP contribution in [0.4, 0.5) is 17.3 Å². The monoisotopic (exact) mass is 377 g/mol. The first-order chi connectivity index (χ1) is 13.5. The van der Waals surface area contributed by atoms with Crippen LogP contribution in [0, 0.1) is 6.92 Å². The van der Waals surface area contributed by atoms with Crippen molar-refractivity contribution in [1.29, 1.82) is 0 Å². The first-order valence-electron chi connectivity index (χ1n) is 8.96. The van der Waals surface area contributed by atoms with Gasteiger partial charge in [0.05, 0.1) is 12.7 Å². The highest BCUT2D eigenvalue weighted by atomic mass is 16.5. The Morgan fingerprint density at radius 3 is 2.68 bits per heavy atom. The molecule has 0 saturated carbocycles. The normalized spacial score (nSPS) is 10.4. The number of benzene rings is 1. The third-order valence-corrected chi connectivity index (χ3v) is 4.26. The summed E-state index contributed by atoms with van der Waals surface area (Å²) in [5.74, 6) is 1.78. The fraction of sp³-hybridized carbons (Fsp3) is 0.238. The summed E-state index contributed by atoms with van der Waals surface area (Å²) in [4.78, 5) is 26.8. The molecule has 2 aromatic heterocycles. The maximum absolute atomic E-state index is 11.7. The van der Waals surface area contributed by atoms with Gasteiger partial charge in [0.2, 0.25) is 0 Å². The molecular formula is C21H23N5O2. The number of aromatic nitrogens is 3. The Hall–Kier alpha value is -3.48. The summed E-state index contributed by atoms with van der Waals surface area (Å²) in [7, 11) is 3.37. The molecule has 7 nitrogen and oxygen atoms in total. The summed E-state index contributed by atoms with van der Waals surface area (Å²) in [6.45, 7) is 2.67. The molecule has 0 aliphatic rings. The van der Waals surface area contributed by atoms with Crippen molar-refractivity contribution in [2.24, 2.45) is 0 Å². The van der Waals surface area contributed by atoms with Crippen molar-refractivity contribution in [2.45, 2.75) is 13.3 Å². The lowest BCUT2D eigenvalue weighted by atomic mass is 10.2. The molecular weight excluding hydrogens is 354 g/mol. The van der Waals surface area contributed by atoms with Crippen LogP contribution < -0.4 is 10.2 Å². The summed E-state index contributed by atoms with van der Waals surface area (Å²) in [6.07, 6.45) is 4.50. The van der Waals surface area contributed by atoms with Gasteiger partial charge in [-0.25, -0.2) is 14.8 Å². The molecule has 2 heterocycles. The summed E-state index contributed by atoms with van der Waals surface area (Å²) >= 11 is 0. The molecule has 1 aromatic carbocycles. The first-order valence-corrected chi connectivity index (χ1v) is 8.96. The second-order valence-corrected chi connectivity index (χ2v) is 6.38. The number of likely N-dealkylation sites (N-methyl/N-ethyl adjacent to an activating group) is 1. The van der Waals surface area contributed by atoms with Crippen LogP contribution in [-0.4, -0.2) is 41.6 Å². The lowest BCUT2D eigenvalue weighted by molar-refractivity contribution is 0.0601. The van der Waals surface area contributed by atoms with Gasteiger partial charge in [0.15, 0.2) is 0 Å². The average molecular weight is 377 g/mol. The van der Waals surface area contributed by atoms with E-state index in [0.717, 1.165) is 24.5 Å². The van der Waals surface area contributed by atoms with Gasteiger partial charge in [0, 0.05) is 37.7 Å². The zero-order valence-corrected chi connectivity index (χ0v) is 16.2. The van der Waals surface area contributed by atoms with Crippen LogP contribution in [0.2, 0.25) is 0 Å². The lowest BCUT2D eigenvalue weighted by Crippen LogP contribution is -2.22.